The lowest BCUT2D eigenvalue weighted by molar-refractivity contribution is -0.177. The number of carbonyl (C=O) groups is 3. The number of anilines is 4. The van der Waals surface area contributed by atoms with Crippen LogP contribution in [0.2, 0.25) is 0 Å². The van der Waals surface area contributed by atoms with Gasteiger partial charge < -0.3 is 34.7 Å². The van der Waals surface area contributed by atoms with Crippen molar-refractivity contribution in [1.82, 2.24) is 10.3 Å². The molecule has 4 rings (SSSR count). The molecular formula is C31H41F3N6O6. The van der Waals surface area contributed by atoms with Gasteiger partial charge in [-0.15, -0.1) is 0 Å². The minimum Gasteiger partial charge on any atom is -0.444 e. The molecule has 1 saturated heterocycles. The van der Waals surface area contributed by atoms with Crippen molar-refractivity contribution < 1.29 is 41.4 Å². The van der Waals surface area contributed by atoms with Gasteiger partial charge in [0.2, 0.25) is 5.88 Å². The summed E-state index contributed by atoms with van der Waals surface area (Å²) >= 11 is 0. The van der Waals surface area contributed by atoms with Crippen molar-refractivity contribution in [1.29, 1.82) is 0 Å². The number of furan rings is 1. The minimum atomic E-state index is -4.54. The molecule has 252 valence electrons. The van der Waals surface area contributed by atoms with Crippen LogP contribution in [0.5, 0.6) is 0 Å². The fourth-order valence-electron chi connectivity index (χ4n) is 5.15. The van der Waals surface area contributed by atoms with Crippen molar-refractivity contribution >= 4 is 47.1 Å². The summed E-state index contributed by atoms with van der Waals surface area (Å²) in [6.45, 7) is 12.0. The first-order chi connectivity index (χ1) is 21.3. The Balaban J connectivity index is 1.64. The topological polar surface area (TPSA) is 147 Å². The minimum absolute atomic E-state index is 0.0113. The average Bonchev–Trinajstić information content (AvgIpc) is 3.27. The first-order valence-electron chi connectivity index (χ1n) is 15.0. The Hall–Kier alpha value is -4.43. The molecule has 2 atom stereocenters. The van der Waals surface area contributed by atoms with Crippen LogP contribution in [0.4, 0.5) is 45.7 Å². The Kier molecular flexibility index (Phi) is 9.83. The van der Waals surface area contributed by atoms with Crippen molar-refractivity contribution in [2.24, 2.45) is 5.92 Å². The van der Waals surface area contributed by atoms with Crippen LogP contribution in [0.15, 0.2) is 28.5 Å². The summed E-state index contributed by atoms with van der Waals surface area (Å²) in [4.78, 5) is 44.5. The lowest BCUT2D eigenvalue weighted by Crippen LogP contribution is -2.54. The fourth-order valence-corrected chi connectivity index (χ4v) is 5.15. The smallest absolute Gasteiger partial charge is 0.414 e. The normalized spacial score (nSPS) is 18.5. The third-order valence-electron chi connectivity index (χ3n) is 7.08. The van der Waals surface area contributed by atoms with E-state index < -0.39 is 54.0 Å². The highest BCUT2D eigenvalue weighted by Crippen LogP contribution is 2.40. The summed E-state index contributed by atoms with van der Waals surface area (Å²) in [6, 6.07) is 0.583. The SMILES string of the molecule is CCC1=Cc2oc(NC(=O)OC(C)(C)C)c(C(=O)Nc3cnccc3N3C[C@@H](NC(=O)OC(C)(C)C)C[C@@H](C(F)(F)F)C3)c2NC1. The van der Waals surface area contributed by atoms with Crippen LogP contribution in [-0.2, 0) is 9.47 Å². The van der Waals surface area contributed by atoms with Gasteiger partial charge in [-0.05, 0) is 72.1 Å². The third-order valence-corrected chi connectivity index (χ3v) is 7.08. The van der Waals surface area contributed by atoms with Gasteiger partial charge in [0, 0.05) is 25.8 Å². The Morgan fingerprint density at radius 3 is 2.35 bits per heavy atom. The second-order valence-electron chi connectivity index (χ2n) is 13.3. The first kappa shape index (κ1) is 34.4. The largest absolute Gasteiger partial charge is 0.444 e. The zero-order valence-electron chi connectivity index (χ0n) is 27.0. The number of rotatable bonds is 6. The number of alkyl carbamates (subject to hydrolysis) is 1. The Morgan fingerprint density at radius 1 is 1.04 bits per heavy atom. The average molecular weight is 651 g/mol. The Labute approximate surface area is 265 Å². The van der Waals surface area contributed by atoms with Crippen LogP contribution in [0, 0.1) is 5.92 Å². The van der Waals surface area contributed by atoms with Crippen LogP contribution in [0.3, 0.4) is 0 Å². The number of aromatic nitrogens is 1. The third kappa shape index (κ3) is 8.85. The molecule has 3 amide bonds. The number of amides is 3. The van der Waals surface area contributed by atoms with Crippen molar-refractivity contribution in [2.75, 3.05) is 40.5 Å². The van der Waals surface area contributed by atoms with E-state index in [0.29, 0.717) is 18.0 Å². The second-order valence-corrected chi connectivity index (χ2v) is 13.3. The van der Waals surface area contributed by atoms with Crippen molar-refractivity contribution in [2.45, 2.75) is 84.7 Å². The number of pyridine rings is 1. The van der Waals surface area contributed by atoms with Gasteiger partial charge in [-0.3, -0.25) is 15.1 Å². The quantitative estimate of drug-likeness (QED) is 0.266. The molecule has 12 nitrogen and oxygen atoms in total. The predicted octanol–water partition coefficient (Wildman–Crippen LogP) is 6.77. The van der Waals surface area contributed by atoms with E-state index in [1.54, 1.807) is 47.6 Å². The number of carbonyl (C=O) groups excluding carboxylic acids is 3. The van der Waals surface area contributed by atoms with Crippen LogP contribution >= 0.6 is 0 Å². The molecule has 15 heteroatoms. The highest BCUT2D eigenvalue weighted by atomic mass is 19.4. The highest BCUT2D eigenvalue weighted by molar-refractivity contribution is 6.14. The van der Waals surface area contributed by atoms with E-state index in [2.05, 4.69) is 26.3 Å². The summed E-state index contributed by atoms with van der Waals surface area (Å²) in [5.41, 5.74) is 0.0251. The van der Waals surface area contributed by atoms with E-state index in [4.69, 9.17) is 13.9 Å². The van der Waals surface area contributed by atoms with Gasteiger partial charge in [0.1, 0.15) is 16.8 Å². The molecule has 2 aromatic rings. The maximum Gasteiger partial charge on any atom is 0.414 e. The van der Waals surface area contributed by atoms with Gasteiger partial charge in [-0.25, -0.2) is 9.59 Å². The van der Waals surface area contributed by atoms with E-state index in [1.165, 1.54) is 23.4 Å². The van der Waals surface area contributed by atoms with Crippen molar-refractivity contribution in [3.05, 3.63) is 35.4 Å². The number of ether oxygens (including phenoxy) is 2. The molecule has 0 aromatic carbocycles. The standard InChI is InChI=1S/C31H41F3N6O6/c1-8-17-11-22-24(36-13-17)23(26(44-22)39-28(43)46-30(5,6)7)25(41)38-20-14-35-10-9-21(20)40-15-18(31(32,33)34)12-19(16-40)37-27(42)45-29(2,3)4/h9-11,14,18-19,36H,8,12-13,15-16H2,1-7H3,(H,37,42)(H,38,41)(H,39,43)/t18-,19+/m1/s1. The first-order valence-corrected chi connectivity index (χ1v) is 15.0. The van der Waals surface area contributed by atoms with E-state index >= 15 is 0 Å². The van der Waals surface area contributed by atoms with E-state index in [1.807, 2.05) is 6.92 Å². The predicted molar refractivity (Wildman–Crippen MR) is 167 cm³/mol. The summed E-state index contributed by atoms with van der Waals surface area (Å²) in [5, 5.41) is 11.0. The Bertz CT molecular complexity index is 1490. The number of piperidine rings is 1. The summed E-state index contributed by atoms with van der Waals surface area (Å²) in [7, 11) is 0. The van der Waals surface area contributed by atoms with Gasteiger partial charge in [0.05, 0.1) is 35.2 Å². The molecule has 2 aromatic heterocycles. The molecule has 0 saturated carbocycles. The van der Waals surface area contributed by atoms with Crippen LogP contribution < -0.4 is 26.2 Å². The van der Waals surface area contributed by atoms with Gasteiger partial charge in [0.15, 0.2) is 5.76 Å². The molecule has 4 heterocycles. The molecule has 46 heavy (non-hydrogen) atoms. The number of halogens is 3. The monoisotopic (exact) mass is 650 g/mol. The second kappa shape index (κ2) is 13.1. The van der Waals surface area contributed by atoms with Crippen LogP contribution in [0.1, 0.15) is 77.4 Å². The maximum atomic E-state index is 14.1. The van der Waals surface area contributed by atoms with Crippen molar-refractivity contribution in [3.8, 4) is 0 Å². The molecule has 0 spiro atoms. The molecular weight excluding hydrogens is 609 g/mol. The van der Waals surface area contributed by atoms with Crippen LogP contribution in [0.25, 0.3) is 6.08 Å². The lowest BCUT2D eigenvalue weighted by Gasteiger charge is -2.40. The molecule has 0 radical (unpaired) electrons. The lowest BCUT2D eigenvalue weighted by atomic mass is 9.93. The molecule has 4 N–H and O–H groups in total. The number of hydrogen-bond acceptors (Lipinski definition) is 9. The van der Waals surface area contributed by atoms with Gasteiger partial charge in [-0.1, -0.05) is 6.92 Å². The Morgan fingerprint density at radius 2 is 1.72 bits per heavy atom. The number of hydrogen-bond donors (Lipinski definition) is 4. The summed E-state index contributed by atoms with van der Waals surface area (Å²) in [6.07, 6.45) is -1.34. The van der Waals surface area contributed by atoms with Gasteiger partial charge in [0.25, 0.3) is 5.91 Å². The number of nitrogens with one attached hydrogen (secondary N) is 4. The van der Waals surface area contributed by atoms with Crippen molar-refractivity contribution in [3.63, 3.8) is 0 Å². The van der Waals surface area contributed by atoms with E-state index in [-0.39, 0.29) is 35.8 Å². The fraction of sp³-hybridized carbons (Fsp3) is 0.548. The van der Waals surface area contributed by atoms with Gasteiger partial charge in [-0.2, -0.15) is 13.2 Å². The number of nitrogens with zero attached hydrogens (tertiary/aromatic N) is 2. The maximum absolute atomic E-state index is 14.1. The number of alkyl halides is 3. The molecule has 2 aliphatic heterocycles. The number of fused-ring (bicyclic) bond motifs is 1. The molecule has 0 bridgehead atoms. The molecule has 0 unspecified atom stereocenters. The zero-order valence-corrected chi connectivity index (χ0v) is 27.0. The van der Waals surface area contributed by atoms with E-state index in [0.717, 1.165) is 12.0 Å². The van der Waals surface area contributed by atoms with E-state index in [9.17, 15) is 27.6 Å². The molecule has 0 aliphatic carbocycles. The van der Waals surface area contributed by atoms with Gasteiger partial charge >= 0.3 is 18.4 Å². The molecule has 2 aliphatic rings. The highest BCUT2D eigenvalue weighted by Gasteiger charge is 2.45. The summed E-state index contributed by atoms with van der Waals surface area (Å²) < 4.78 is 58.7. The summed E-state index contributed by atoms with van der Waals surface area (Å²) in [5.74, 6) is -2.32. The van der Waals surface area contributed by atoms with Crippen LogP contribution in [-0.4, -0.2) is 66.1 Å². The molecule has 1 fully saturated rings. The zero-order chi connectivity index (χ0) is 34.0.